The summed E-state index contributed by atoms with van der Waals surface area (Å²) in [5, 5.41) is 4.77. The summed E-state index contributed by atoms with van der Waals surface area (Å²) in [4.78, 5) is 0. The molecule has 2 heteroatoms. The van der Waals surface area contributed by atoms with Crippen LogP contribution in [0.3, 0.4) is 0 Å². The van der Waals surface area contributed by atoms with Crippen molar-refractivity contribution in [3.63, 3.8) is 0 Å². The van der Waals surface area contributed by atoms with E-state index >= 15 is 0 Å². The number of hydrogen-bond donors (Lipinski definition) is 0. The highest BCUT2D eigenvalue weighted by molar-refractivity contribution is 6.16. The minimum absolute atomic E-state index is 0.506. The van der Waals surface area contributed by atoms with Crippen LogP contribution in [0.2, 0.25) is 0 Å². The van der Waals surface area contributed by atoms with Crippen LogP contribution in [-0.2, 0) is 5.41 Å². The Labute approximate surface area is 259 Å². The second-order valence-electron chi connectivity index (χ2n) is 12.4. The Kier molecular flexibility index (Phi) is 4.29. The second kappa shape index (κ2) is 8.19. The van der Waals surface area contributed by atoms with Gasteiger partial charge in [0, 0.05) is 27.1 Å². The van der Waals surface area contributed by atoms with E-state index in [1.807, 2.05) is 0 Å². The summed E-state index contributed by atoms with van der Waals surface area (Å²) >= 11 is 0. The van der Waals surface area contributed by atoms with Gasteiger partial charge in [-0.05, 0) is 63.2 Å². The predicted octanol–water partition coefficient (Wildman–Crippen LogP) is 11.0. The van der Waals surface area contributed by atoms with E-state index in [1.54, 1.807) is 0 Å². The van der Waals surface area contributed by atoms with E-state index in [0.29, 0.717) is 0 Å². The molecule has 1 spiro atoms. The molecule has 0 atom stereocenters. The normalized spacial score (nSPS) is 14.0. The minimum atomic E-state index is -0.506. The Morgan fingerprint density at radius 1 is 0.422 bits per heavy atom. The maximum atomic E-state index is 6.99. The van der Waals surface area contributed by atoms with Crippen molar-refractivity contribution >= 4 is 43.7 Å². The molecule has 0 saturated heterocycles. The SMILES string of the molecule is c1ccc2c(c1)-c1ccccc1C21c2ccccc2-c2cc3c(oc4ccccc43)c(-n3c4ccccc4c4ccccc43)c21. The topological polar surface area (TPSA) is 18.1 Å². The third-order valence-electron chi connectivity index (χ3n) is 10.4. The van der Waals surface area contributed by atoms with Gasteiger partial charge in [0.15, 0.2) is 5.58 Å². The molecular weight excluding hydrogens is 546 g/mol. The zero-order valence-electron chi connectivity index (χ0n) is 24.3. The lowest BCUT2D eigenvalue weighted by atomic mass is 9.70. The molecule has 2 heterocycles. The molecule has 7 aromatic carbocycles. The second-order valence-corrected chi connectivity index (χ2v) is 12.4. The van der Waals surface area contributed by atoms with Crippen LogP contribution in [0.1, 0.15) is 22.3 Å². The first-order chi connectivity index (χ1) is 22.4. The zero-order chi connectivity index (χ0) is 29.3. The average Bonchev–Trinajstić information content (AvgIpc) is 3.81. The molecule has 0 aliphatic heterocycles. The monoisotopic (exact) mass is 571 g/mol. The van der Waals surface area contributed by atoms with Gasteiger partial charge in [-0.1, -0.05) is 127 Å². The summed E-state index contributed by atoms with van der Waals surface area (Å²) in [6.45, 7) is 0. The minimum Gasteiger partial charge on any atom is -0.454 e. The molecule has 9 aromatic rings. The average molecular weight is 572 g/mol. The van der Waals surface area contributed by atoms with Crippen LogP contribution >= 0.6 is 0 Å². The third-order valence-corrected chi connectivity index (χ3v) is 10.4. The van der Waals surface area contributed by atoms with Crippen LogP contribution in [0.25, 0.3) is 71.7 Å². The first-order valence-corrected chi connectivity index (χ1v) is 15.6. The molecule has 0 fully saturated rings. The molecule has 45 heavy (non-hydrogen) atoms. The summed E-state index contributed by atoms with van der Waals surface area (Å²) in [5.74, 6) is 0. The van der Waals surface area contributed by atoms with Crippen LogP contribution in [0.5, 0.6) is 0 Å². The van der Waals surface area contributed by atoms with Crippen molar-refractivity contribution in [3.05, 3.63) is 174 Å². The Morgan fingerprint density at radius 2 is 0.889 bits per heavy atom. The number of fused-ring (bicyclic) bond motifs is 16. The molecule has 11 rings (SSSR count). The van der Waals surface area contributed by atoms with Crippen molar-refractivity contribution in [1.29, 1.82) is 0 Å². The van der Waals surface area contributed by atoms with Gasteiger partial charge in [0.1, 0.15) is 5.58 Å². The highest BCUT2D eigenvalue weighted by Gasteiger charge is 2.53. The molecule has 0 N–H and O–H groups in total. The van der Waals surface area contributed by atoms with Gasteiger partial charge in [0.2, 0.25) is 0 Å². The largest absolute Gasteiger partial charge is 0.454 e. The molecule has 2 nitrogen and oxygen atoms in total. The van der Waals surface area contributed by atoms with Crippen molar-refractivity contribution in [2.45, 2.75) is 5.41 Å². The van der Waals surface area contributed by atoms with Gasteiger partial charge in [0.25, 0.3) is 0 Å². The van der Waals surface area contributed by atoms with E-state index < -0.39 is 5.41 Å². The van der Waals surface area contributed by atoms with Crippen LogP contribution in [0.4, 0.5) is 0 Å². The lowest BCUT2D eigenvalue weighted by molar-refractivity contribution is 0.663. The fourth-order valence-corrected chi connectivity index (χ4v) is 8.79. The number of aromatic nitrogens is 1. The Morgan fingerprint density at radius 3 is 1.49 bits per heavy atom. The predicted molar refractivity (Wildman–Crippen MR) is 184 cm³/mol. The molecule has 0 radical (unpaired) electrons. The Bertz CT molecular complexity index is 2620. The van der Waals surface area contributed by atoms with Crippen molar-refractivity contribution in [2.24, 2.45) is 0 Å². The maximum Gasteiger partial charge on any atom is 0.159 e. The summed E-state index contributed by atoms with van der Waals surface area (Å²) < 4.78 is 9.48. The highest BCUT2D eigenvalue weighted by atomic mass is 16.3. The van der Waals surface area contributed by atoms with Crippen molar-refractivity contribution < 1.29 is 4.42 Å². The maximum absolute atomic E-state index is 6.99. The summed E-state index contributed by atoms with van der Waals surface area (Å²) in [5.41, 5.74) is 15.2. The number of hydrogen-bond acceptors (Lipinski definition) is 1. The van der Waals surface area contributed by atoms with E-state index in [2.05, 4.69) is 156 Å². The molecular formula is C43H25NO. The number of benzene rings is 7. The standard InChI is InChI=1S/C43H25NO/c1-7-19-34-26(13-1)27-14-2-8-20-35(27)43(34)36-21-9-3-15-28(36)32-25-33-31-18-6-12-24-39(31)45-42(33)41(40(32)43)44-37-22-10-4-16-29(37)30-17-5-11-23-38(30)44/h1-25H. The van der Waals surface area contributed by atoms with E-state index in [1.165, 1.54) is 66.3 Å². The van der Waals surface area contributed by atoms with E-state index in [4.69, 9.17) is 4.42 Å². The van der Waals surface area contributed by atoms with Crippen LogP contribution in [0, 0.1) is 0 Å². The molecule has 2 aromatic heterocycles. The van der Waals surface area contributed by atoms with Gasteiger partial charge < -0.3 is 8.98 Å². The lowest BCUT2D eigenvalue weighted by Gasteiger charge is -2.32. The van der Waals surface area contributed by atoms with Crippen molar-refractivity contribution in [2.75, 3.05) is 0 Å². The fourth-order valence-electron chi connectivity index (χ4n) is 8.79. The first-order valence-electron chi connectivity index (χ1n) is 15.6. The Balaban J connectivity index is 1.46. The van der Waals surface area contributed by atoms with Crippen molar-refractivity contribution in [1.82, 2.24) is 4.57 Å². The molecule has 0 saturated carbocycles. The van der Waals surface area contributed by atoms with Crippen LogP contribution in [-0.4, -0.2) is 4.57 Å². The zero-order valence-corrected chi connectivity index (χ0v) is 24.3. The molecule has 208 valence electrons. The van der Waals surface area contributed by atoms with Crippen LogP contribution < -0.4 is 0 Å². The van der Waals surface area contributed by atoms with E-state index in [9.17, 15) is 0 Å². The molecule has 0 bridgehead atoms. The smallest absolute Gasteiger partial charge is 0.159 e. The van der Waals surface area contributed by atoms with Crippen molar-refractivity contribution in [3.8, 4) is 27.9 Å². The van der Waals surface area contributed by atoms with Gasteiger partial charge in [-0.25, -0.2) is 0 Å². The number of furan rings is 1. The molecule has 2 aliphatic rings. The van der Waals surface area contributed by atoms with E-state index in [0.717, 1.165) is 27.6 Å². The fraction of sp³-hybridized carbons (Fsp3) is 0.0233. The van der Waals surface area contributed by atoms with Crippen LogP contribution in [0.15, 0.2) is 156 Å². The van der Waals surface area contributed by atoms with Gasteiger partial charge in [-0.2, -0.15) is 0 Å². The summed E-state index contributed by atoms with van der Waals surface area (Å²) in [7, 11) is 0. The lowest BCUT2D eigenvalue weighted by Crippen LogP contribution is -2.27. The number of para-hydroxylation sites is 3. The number of rotatable bonds is 1. The van der Waals surface area contributed by atoms with Gasteiger partial charge >= 0.3 is 0 Å². The van der Waals surface area contributed by atoms with Gasteiger partial charge in [-0.15, -0.1) is 0 Å². The Hall–Kier alpha value is -5.86. The highest BCUT2D eigenvalue weighted by Crippen LogP contribution is 2.65. The van der Waals surface area contributed by atoms with E-state index in [-0.39, 0.29) is 0 Å². The van der Waals surface area contributed by atoms with Gasteiger partial charge in [0.05, 0.1) is 22.1 Å². The summed E-state index contributed by atoms with van der Waals surface area (Å²) in [6, 6.07) is 55.6. The molecule has 0 amide bonds. The third kappa shape index (κ3) is 2.69. The number of nitrogens with zero attached hydrogens (tertiary/aromatic N) is 1. The molecule has 0 unspecified atom stereocenters. The first kappa shape index (κ1) is 23.6. The van der Waals surface area contributed by atoms with Gasteiger partial charge in [-0.3, -0.25) is 0 Å². The molecule has 2 aliphatic carbocycles. The quantitative estimate of drug-likeness (QED) is 0.192. The summed E-state index contributed by atoms with van der Waals surface area (Å²) in [6.07, 6.45) is 0.